The summed E-state index contributed by atoms with van der Waals surface area (Å²) in [5.74, 6) is 0.761. The van der Waals surface area contributed by atoms with Crippen molar-refractivity contribution in [2.45, 2.75) is 31.7 Å². The van der Waals surface area contributed by atoms with Crippen LogP contribution in [0.1, 0.15) is 36.0 Å². The van der Waals surface area contributed by atoms with Gasteiger partial charge in [0, 0.05) is 12.6 Å². The number of aromatic nitrogens is 2. The summed E-state index contributed by atoms with van der Waals surface area (Å²) >= 11 is 0. The molecule has 5 heteroatoms. The van der Waals surface area contributed by atoms with E-state index >= 15 is 0 Å². The molecule has 1 saturated heterocycles. The summed E-state index contributed by atoms with van der Waals surface area (Å²) in [4.78, 5) is 14.6. The lowest BCUT2D eigenvalue weighted by Gasteiger charge is -2.30. The molecular formula is C14H20N4O. The van der Waals surface area contributed by atoms with Gasteiger partial charge in [-0.1, -0.05) is 0 Å². The Morgan fingerprint density at radius 1 is 1.26 bits per heavy atom. The number of piperidine rings is 1. The van der Waals surface area contributed by atoms with Crippen molar-refractivity contribution in [3.8, 4) is 0 Å². The lowest BCUT2D eigenvalue weighted by molar-refractivity contribution is 0.0701. The first-order valence-electron chi connectivity index (χ1n) is 7.13. The Balaban J connectivity index is 1.68. The number of hydrogen-bond acceptors (Lipinski definition) is 4. The molecule has 1 amide bonds. The summed E-state index contributed by atoms with van der Waals surface area (Å²) in [7, 11) is 0. The molecule has 0 atom stereocenters. The quantitative estimate of drug-likeness (QED) is 0.880. The third kappa shape index (κ3) is 3.10. The van der Waals surface area contributed by atoms with E-state index in [9.17, 15) is 4.79 Å². The Hall–Kier alpha value is -1.49. The summed E-state index contributed by atoms with van der Waals surface area (Å²) in [5.41, 5.74) is 0.663. The first kappa shape index (κ1) is 12.5. The molecule has 19 heavy (non-hydrogen) atoms. The molecule has 3 rings (SSSR count). The molecule has 0 unspecified atom stereocenters. The van der Waals surface area contributed by atoms with E-state index in [2.05, 4.69) is 20.4 Å². The number of nitrogens with zero attached hydrogens (tertiary/aromatic N) is 3. The van der Waals surface area contributed by atoms with Crippen LogP contribution in [0.3, 0.4) is 0 Å². The maximum Gasteiger partial charge on any atom is 0.255 e. The molecule has 5 nitrogen and oxygen atoms in total. The lowest BCUT2D eigenvalue weighted by Crippen LogP contribution is -2.40. The Morgan fingerprint density at radius 2 is 2.05 bits per heavy atom. The minimum atomic E-state index is 0.121. The Labute approximate surface area is 113 Å². The minimum absolute atomic E-state index is 0.121. The SMILES string of the molecule is O=C(c1ccnnc1)N(CC1CCNCC1)C1CC1. The van der Waals surface area contributed by atoms with Crippen molar-refractivity contribution in [3.63, 3.8) is 0 Å². The van der Waals surface area contributed by atoms with E-state index in [0.717, 1.165) is 32.5 Å². The summed E-state index contributed by atoms with van der Waals surface area (Å²) in [5, 5.41) is 10.9. The van der Waals surface area contributed by atoms with Gasteiger partial charge in [0.15, 0.2) is 0 Å². The fraction of sp³-hybridized carbons (Fsp3) is 0.643. The van der Waals surface area contributed by atoms with Crippen LogP contribution in [0.4, 0.5) is 0 Å². The van der Waals surface area contributed by atoms with E-state index in [1.807, 2.05) is 0 Å². The molecule has 1 aliphatic heterocycles. The molecule has 0 aromatic carbocycles. The molecule has 1 saturated carbocycles. The largest absolute Gasteiger partial charge is 0.335 e. The molecule has 1 aliphatic carbocycles. The van der Waals surface area contributed by atoms with Crippen LogP contribution in [-0.4, -0.2) is 46.7 Å². The van der Waals surface area contributed by atoms with Gasteiger partial charge in [-0.15, -0.1) is 0 Å². The van der Waals surface area contributed by atoms with Crippen LogP contribution < -0.4 is 5.32 Å². The van der Waals surface area contributed by atoms with Gasteiger partial charge < -0.3 is 10.2 Å². The average molecular weight is 260 g/mol. The van der Waals surface area contributed by atoms with Gasteiger partial charge in [0.05, 0.1) is 18.0 Å². The van der Waals surface area contributed by atoms with Crippen molar-refractivity contribution in [2.24, 2.45) is 5.92 Å². The lowest BCUT2D eigenvalue weighted by atomic mass is 9.97. The summed E-state index contributed by atoms with van der Waals surface area (Å²) in [6, 6.07) is 2.21. The van der Waals surface area contributed by atoms with Gasteiger partial charge in [-0.2, -0.15) is 10.2 Å². The molecular weight excluding hydrogens is 240 g/mol. The highest BCUT2D eigenvalue weighted by molar-refractivity contribution is 5.94. The molecule has 0 bridgehead atoms. The fourth-order valence-corrected chi connectivity index (χ4v) is 2.71. The van der Waals surface area contributed by atoms with Crippen LogP contribution in [0.5, 0.6) is 0 Å². The number of carbonyl (C=O) groups is 1. The fourth-order valence-electron chi connectivity index (χ4n) is 2.71. The molecule has 2 fully saturated rings. The minimum Gasteiger partial charge on any atom is -0.335 e. The van der Waals surface area contributed by atoms with Crippen molar-refractivity contribution in [2.75, 3.05) is 19.6 Å². The molecule has 1 N–H and O–H groups in total. The van der Waals surface area contributed by atoms with Crippen molar-refractivity contribution < 1.29 is 4.79 Å². The highest BCUT2D eigenvalue weighted by Gasteiger charge is 2.34. The second-order valence-corrected chi connectivity index (χ2v) is 5.51. The van der Waals surface area contributed by atoms with Gasteiger partial charge in [-0.25, -0.2) is 0 Å². The van der Waals surface area contributed by atoms with Gasteiger partial charge in [-0.05, 0) is 50.8 Å². The molecule has 102 valence electrons. The Bertz CT molecular complexity index is 426. The van der Waals surface area contributed by atoms with E-state index < -0.39 is 0 Å². The number of amides is 1. The Kier molecular flexibility index (Phi) is 3.73. The Morgan fingerprint density at radius 3 is 2.68 bits per heavy atom. The van der Waals surface area contributed by atoms with E-state index in [4.69, 9.17) is 0 Å². The number of rotatable bonds is 4. The van der Waals surface area contributed by atoms with Crippen LogP contribution in [-0.2, 0) is 0 Å². The number of hydrogen-bond donors (Lipinski definition) is 1. The van der Waals surface area contributed by atoms with Crippen molar-refractivity contribution in [1.82, 2.24) is 20.4 Å². The second-order valence-electron chi connectivity index (χ2n) is 5.51. The second kappa shape index (κ2) is 5.65. The molecule has 0 radical (unpaired) electrons. The van der Waals surface area contributed by atoms with Gasteiger partial charge >= 0.3 is 0 Å². The van der Waals surface area contributed by atoms with Crippen LogP contribution in [0.2, 0.25) is 0 Å². The average Bonchev–Trinajstić information content (AvgIpc) is 3.31. The number of nitrogens with one attached hydrogen (secondary N) is 1. The normalized spacial score (nSPS) is 20.2. The maximum atomic E-state index is 12.5. The summed E-state index contributed by atoms with van der Waals surface area (Å²) in [6.45, 7) is 3.05. The highest BCUT2D eigenvalue weighted by Crippen LogP contribution is 2.30. The van der Waals surface area contributed by atoms with Crippen molar-refractivity contribution in [3.05, 3.63) is 24.0 Å². The van der Waals surface area contributed by atoms with E-state index in [-0.39, 0.29) is 5.91 Å². The van der Waals surface area contributed by atoms with Crippen LogP contribution >= 0.6 is 0 Å². The van der Waals surface area contributed by atoms with Crippen molar-refractivity contribution in [1.29, 1.82) is 0 Å². The maximum absolute atomic E-state index is 12.5. The summed E-state index contributed by atoms with van der Waals surface area (Å²) in [6.07, 6.45) is 7.80. The first-order valence-corrected chi connectivity index (χ1v) is 7.13. The van der Waals surface area contributed by atoms with Crippen LogP contribution in [0, 0.1) is 5.92 Å². The van der Waals surface area contributed by atoms with Gasteiger partial charge in [0.25, 0.3) is 5.91 Å². The van der Waals surface area contributed by atoms with Crippen molar-refractivity contribution >= 4 is 5.91 Å². The zero-order valence-electron chi connectivity index (χ0n) is 11.1. The monoisotopic (exact) mass is 260 g/mol. The van der Waals surface area contributed by atoms with E-state index in [1.54, 1.807) is 18.5 Å². The molecule has 0 spiro atoms. The standard InChI is InChI=1S/C14H20N4O/c19-14(12-5-8-16-17-9-12)18(13-1-2-13)10-11-3-6-15-7-4-11/h5,8-9,11,13,15H,1-4,6-7,10H2. The van der Waals surface area contributed by atoms with E-state index in [0.29, 0.717) is 17.5 Å². The topological polar surface area (TPSA) is 58.1 Å². The van der Waals surface area contributed by atoms with Crippen LogP contribution in [0.15, 0.2) is 18.5 Å². The molecule has 1 aromatic rings. The molecule has 2 aliphatic rings. The zero-order chi connectivity index (χ0) is 13.1. The smallest absolute Gasteiger partial charge is 0.255 e. The predicted octanol–water partition coefficient (Wildman–Crippen LogP) is 1.08. The molecule has 2 heterocycles. The third-order valence-electron chi connectivity index (χ3n) is 3.99. The predicted molar refractivity (Wildman–Crippen MR) is 71.7 cm³/mol. The zero-order valence-corrected chi connectivity index (χ0v) is 11.1. The van der Waals surface area contributed by atoms with E-state index in [1.165, 1.54) is 12.8 Å². The van der Waals surface area contributed by atoms with Gasteiger partial charge in [0.1, 0.15) is 0 Å². The van der Waals surface area contributed by atoms with Crippen LogP contribution in [0.25, 0.3) is 0 Å². The number of carbonyl (C=O) groups excluding carboxylic acids is 1. The third-order valence-corrected chi connectivity index (χ3v) is 3.99. The summed E-state index contributed by atoms with van der Waals surface area (Å²) < 4.78 is 0. The highest BCUT2D eigenvalue weighted by atomic mass is 16.2. The van der Waals surface area contributed by atoms with Gasteiger partial charge in [0.2, 0.25) is 0 Å². The first-order chi connectivity index (χ1) is 9.34. The van der Waals surface area contributed by atoms with Gasteiger partial charge in [-0.3, -0.25) is 4.79 Å². The molecule has 1 aromatic heterocycles.